The third kappa shape index (κ3) is 4.06. The van der Waals surface area contributed by atoms with Crippen LogP contribution in [0.3, 0.4) is 0 Å². The van der Waals surface area contributed by atoms with Crippen molar-refractivity contribution >= 4 is 5.91 Å². The molecule has 2 aromatic carbocycles. The molecule has 0 N–H and O–H groups in total. The van der Waals surface area contributed by atoms with Crippen LogP contribution in [0.2, 0.25) is 0 Å². The zero-order valence-electron chi connectivity index (χ0n) is 15.8. The van der Waals surface area contributed by atoms with Gasteiger partial charge in [0.15, 0.2) is 0 Å². The molecule has 27 heavy (non-hydrogen) atoms. The number of benzene rings is 2. The van der Waals surface area contributed by atoms with Gasteiger partial charge >= 0.3 is 0 Å². The summed E-state index contributed by atoms with van der Waals surface area (Å²) in [5.41, 5.74) is 5.43. The molecular formula is C22H22N4O. The van der Waals surface area contributed by atoms with E-state index >= 15 is 0 Å². The van der Waals surface area contributed by atoms with Crippen LogP contribution in [-0.4, -0.2) is 27.6 Å². The molecule has 0 atom stereocenters. The summed E-state index contributed by atoms with van der Waals surface area (Å²) in [7, 11) is 1.80. The monoisotopic (exact) mass is 358 g/mol. The van der Waals surface area contributed by atoms with Gasteiger partial charge in [-0.05, 0) is 43.7 Å². The smallest absolute Gasteiger partial charge is 0.227 e. The lowest BCUT2D eigenvalue weighted by Gasteiger charge is -2.17. The number of nitriles is 1. The molecule has 0 saturated heterocycles. The number of para-hydroxylation sites is 1. The van der Waals surface area contributed by atoms with Gasteiger partial charge in [-0.2, -0.15) is 10.4 Å². The highest BCUT2D eigenvalue weighted by Crippen LogP contribution is 2.19. The molecule has 5 heteroatoms. The van der Waals surface area contributed by atoms with Crippen molar-refractivity contribution in [3.63, 3.8) is 0 Å². The SMILES string of the molecule is Cc1nn(-c2ccccc2)c(C)c1CC(=O)N(C)Cc1ccc(C#N)cc1. The number of aromatic nitrogens is 2. The van der Waals surface area contributed by atoms with Crippen LogP contribution < -0.4 is 0 Å². The van der Waals surface area contributed by atoms with Crippen LogP contribution in [0.4, 0.5) is 0 Å². The Labute approximate surface area is 159 Å². The third-order valence-corrected chi connectivity index (χ3v) is 4.70. The van der Waals surface area contributed by atoms with Crippen molar-refractivity contribution < 1.29 is 4.79 Å². The summed E-state index contributed by atoms with van der Waals surface area (Å²) in [5, 5.41) is 13.5. The minimum atomic E-state index is 0.0400. The Morgan fingerprint density at radius 3 is 2.41 bits per heavy atom. The number of carbonyl (C=O) groups excluding carboxylic acids is 1. The number of aryl methyl sites for hydroxylation is 1. The predicted molar refractivity (Wildman–Crippen MR) is 104 cm³/mol. The Balaban J connectivity index is 1.73. The number of likely N-dealkylation sites (N-methyl/N-ethyl adjacent to an activating group) is 1. The number of nitrogens with zero attached hydrogens (tertiary/aromatic N) is 4. The zero-order chi connectivity index (χ0) is 19.4. The topological polar surface area (TPSA) is 61.9 Å². The molecule has 0 unspecified atom stereocenters. The fourth-order valence-electron chi connectivity index (χ4n) is 3.08. The van der Waals surface area contributed by atoms with Crippen LogP contribution in [0.5, 0.6) is 0 Å². The van der Waals surface area contributed by atoms with Crippen LogP contribution in [0.1, 0.15) is 28.1 Å². The first-order valence-corrected chi connectivity index (χ1v) is 8.83. The van der Waals surface area contributed by atoms with Gasteiger partial charge in [-0.15, -0.1) is 0 Å². The highest BCUT2D eigenvalue weighted by atomic mass is 16.2. The van der Waals surface area contributed by atoms with Gasteiger partial charge in [0.25, 0.3) is 0 Å². The molecule has 1 heterocycles. The summed E-state index contributed by atoms with van der Waals surface area (Å²) in [6.07, 6.45) is 0.317. The molecule has 0 fully saturated rings. The predicted octanol–water partition coefficient (Wildman–Crippen LogP) is 3.56. The van der Waals surface area contributed by atoms with E-state index in [1.165, 1.54) is 0 Å². The summed E-state index contributed by atoms with van der Waals surface area (Å²) < 4.78 is 1.89. The van der Waals surface area contributed by atoms with Crippen LogP contribution in [-0.2, 0) is 17.8 Å². The van der Waals surface area contributed by atoms with E-state index in [0.29, 0.717) is 18.5 Å². The molecule has 3 aromatic rings. The van der Waals surface area contributed by atoms with Gasteiger partial charge in [-0.25, -0.2) is 4.68 Å². The fourth-order valence-corrected chi connectivity index (χ4v) is 3.08. The second kappa shape index (κ2) is 7.88. The lowest BCUT2D eigenvalue weighted by Crippen LogP contribution is -2.28. The third-order valence-electron chi connectivity index (χ3n) is 4.70. The molecule has 5 nitrogen and oxygen atoms in total. The van der Waals surface area contributed by atoms with E-state index in [1.807, 2.05) is 61.0 Å². The maximum absolute atomic E-state index is 12.7. The maximum atomic E-state index is 12.7. The van der Waals surface area contributed by atoms with Crippen molar-refractivity contribution in [2.24, 2.45) is 0 Å². The first-order chi connectivity index (χ1) is 13.0. The summed E-state index contributed by atoms with van der Waals surface area (Å²) in [6, 6.07) is 19.3. The number of hydrogen-bond donors (Lipinski definition) is 0. The summed E-state index contributed by atoms with van der Waals surface area (Å²) in [4.78, 5) is 14.4. The molecule has 0 aliphatic heterocycles. The molecule has 0 aliphatic carbocycles. The van der Waals surface area contributed by atoms with Crippen molar-refractivity contribution in [3.8, 4) is 11.8 Å². The first kappa shape index (κ1) is 18.4. The average molecular weight is 358 g/mol. The van der Waals surface area contributed by atoms with Crippen molar-refractivity contribution in [1.29, 1.82) is 5.26 Å². The second-order valence-electron chi connectivity index (χ2n) is 6.63. The second-order valence-corrected chi connectivity index (χ2v) is 6.63. The lowest BCUT2D eigenvalue weighted by molar-refractivity contribution is -0.129. The minimum Gasteiger partial charge on any atom is -0.341 e. The van der Waals surface area contributed by atoms with E-state index < -0.39 is 0 Å². The van der Waals surface area contributed by atoms with Gasteiger partial charge in [-0.3, -0.25) is 4.79 Å². The van der Waals surface area contributed by atoms with E-state index in [1.54, 1.807) is 24.1 Å². The summed E-state index contributed by atoms with van der Waals surface area (Å²) in [5.74, 6) is 0.0400. The van der Waals surface area contributed by atoms with Crippen molar-refractivity contribution in [3.05, 3.63) is 82.7 Å². The van der Waals surface area contributed by atoms with Gasteiger partial charge in [0.05, 0.1) is 29.4 Å². The quantitative estimate of drug-likeness (QED) is 0.700. The van der Waals surface area contributed by atoms with E-state index in [2.05, 4.69) is 11.2 Å². The van der Waals surface area contributed by atoms with Gasteiger partial charge in [0, 0.05) is 24.8 Å². The molecule has 3 rings (SSSR count). The molecule has 1 aromatic heterocycles. The Kier molecular flexibility index (Phi) is 5.37. The maximum Gasteiger partial charge on any atom is 0.227 e. The van der Waals surface area contributed by atoms with Gasteiger partial charge < -0.3 is 4.90 Å². The summed E-state index contributed by atoms with van der Waals surface area (Å²) in [6.45, 7) is 4.45. The van der Waals surface area contributed by atoms with Crippen LogP contribution in [0.15, 0.2) is 54.6 Å². The minimum absolute atomic E-state index is 0.0400. The highest BCUT2D eigenvalue weighted by Gasteiger charge is 2.18. The Morgan fingerprint density at radius 1 is 1.11 bits per heavy atom. The Morgan fingerprint density at radius 2 is 1.78 bits per heavy atom. The first-order valence-electron chi connectivity index (χ1n) is 8.83. The van der Waals surface area contributed by atoms with E-state index in [9.17, 15) is 4.79 Å². The fraction of sp³-hybridized carbons (Fsp3) is 0.227. The molecule has 0 bridgehead atoms. The summed E-state index contributed by atoms with van der Waals surface area (Å²) >= 11 is 0. The van der Waals surface area contributed by atoms with Gasteiger partial charge in [0.1, 0.15) is 0 Å². The largest absolute Gasteiger partial charge is 0.341 e. The number of rotatable bonds is 5. The Bertz CT molecular complexity index is 982. The normalized spacial score (nSPS) is 10.4. The molecule has 1 amide bonds. The molecular weight excluding hydrogens is 336 g/mol. The number of carbonyl (C=O) groups is 1. The van der Waals surface area contributed by atoms with Crippen molar-refractivity contribution in [2.45, 2.75) is 26.8 Å². The average Bonchev–Trinajstić information content (AvgIpc) is 2.97. The molecule has 0 saturated carbocycles. The lowest BCUT2D eigenvalue weighted by atomic mass is 10.1. The van der Waals surface area contributed by atoms with Crippen LogP contribution in [0, 0.1) is 25.2 Å². The van der Waals surface area contributed by atoms with E-state index in [-0.39, 0.29) is 5.91 Å². The van der Waals surface area contributed by atoms with Gasteiger partial charge in [-0.1, -0.05) is 30.3 Å². The van der Waals surface area contributed by atoms with E-state index in [4.69, 9.17) is 5.26 Å². The van der Waals surface area contributed by atoms with E-state index in [0.717, 1.165) is 28.2 Å². The standard InChI is InChI=1S/C22H22N4O/c1-16-21(17(2)26(24-16)20-7-5-4-6-8-20)13-22(27)25(3)15-19-11-9-18(14-23)10-12-19/h4-12H,13,15H2,1-3H3. The molecule has 0 radical (unpaired) electrons. The van der Waals surface area contributed by atoms with Crippen molar-refractivity contribution in [1.82, 2.24) is 14.7 Å². The van der Waals surface area contributed by atoms with Gasteiger partial charge in [0.2, 0.25) is 5.91 Å². The number of hydrogen-bond acceptors (Lipinski definition) is 3. The molecule has 0 aliphatic rings. The zero-order valence-corrected chi connectivity index (χ0v) is 15.8. The highest BCUT2D eigenvalue weighted by molar-refractivity contribution is 5.79. The molecule has 0 spiro atoms. The number of amides is 1. The van der Waals surface area contributed by atoms with Crippen LogP contribution in [0.25, 0.3) is 5.69 Å². The molecule has 136 valence electrons. The van der Waals surface area contributed by atoms with Crippen LogP contribution >= 0.6 is 0 Å². The Hall–Kier alpha value is -3.39. The van der Waals surface area contributed by atoms with Crippen molar-refractivity contribution in [2.75, 3.05) is 7.05 Å².